The molecule has 0 aliphatic heterocycles. The van der Waals surface area contributed by atoms with Gasteiger partial charge in [0.1, 0.15) is 11.6 Å². The average molecular weight is 335 g/mol. The van der Waals surface area contributed by atoms with Crippen molar-refractivity contribution in [3.63, 3.8) is 0 Å². The summed E-state index contributed by atoms with van der Waals surface area (Å²) in [5.41, 5.74) is 6.98. The van der Waals surface area contributed by atoms with Crippen LogP contribution < -0.4 is 10.5 Å². The second kappa shape index (κ2) is 6.33. The van der Waals surface area contributed by atoms with Crippen molar-refractivity contribution >= 4 is 21.4 Å². The highest BCUT2D eigenvalue weighted by molar-refractivity contribution is 7.91. The number of hydrogen-bond donors (Lipinski definition) is 1. The molecule has 0 atom stereocenters. The van der Waals surface area contributed by atoms with Crippen molar-refractivity contribution in [3.8, 4) is 5.75 Å². The van der Waals surface area contributed by atoms with Gasteiger partial charge in [-0.1, -0.05) is 18.6 Å². The molecule has 0 fully saturated rings. The minimum absolute atomic E-state index is 0.0314. The largest absolute Gasteiger partial charge is 0.496 e. The summed E-state index contributed by atoms with van der Waals surface area (Å²) < 4.78 is 28.7. The standard InChI is InChI=1S/C15H17N3O4S/c1-4-23(20,21)15-17-8-11(14(16)18-15)13(19)10-7-9(2)5-6-12(10)22-3/h5-8H,4H2,1-3H3,(H2,16,17,18). The van der Waals surface area contributed by atoms with Crippen molar-refractivity contribution in [1.29, 1.82) is 0 Å². The molecule has 1 aromatic carbocycles. The average Bonchev–Trinajstić information content (AvgIpc) is 2.54. The monoisotopic (exact) mass is 335 g/mol. The number of nitrogen functional groups attached to an aromatic ring is 1. The van der Waals surface area contributed by atoms with Gasteiger partial charge in [0.05, 0.1) is 24.0 Å². The third-order valence-electron chi connectivity index (χ3n) is 3.30. The van der Waals surface area contributed by atoms with Crippen LogP contribution in [0.3, 0.4) is 0 Å². The molecule has 0 aliphatic carbocycles. The molecule has 2 N–H and O–H groups in total. The minimum Gasteiger partial charge on any atom is -0.496 e. The number of aryl methyl sites for hydroxylation is 1. The molecule has 0 spiro atoms. The molecular weight excluding hydrogens is 318 g/mol. The number of anilines is 1. The number of benzene rings is 1. The van der Waals surface area contributed by atoms with E-state index < -0.39 is 15.6 Å². The Morgan fingerprint density at radius 3 is 2.57 bits per heavy atom. The van der Waals surface area contributed by atoms with Crippen LogP contribution in [-0.4, -0.2) is 37.0 Å². The molecule has 122 valence electrons. The Kier molecular flexibility index (Phi) is 4.65. The van der Waals surface area contributed by atoms with Gasteiger partial charge >= 0.3 is 0 Å². The van der Waals surface area contributed by atoms with E-state index in [9.17, 15) is 13.2 Å². The number of carbonyl (C=O) groups excluding carboxylic acids is 1. The second-order valence-corrected chi connectivity index (χ2v) is 7.06. The number of methoxy groups -OCH3 is 1. The highest BCUT2D eigenvalue weighted by Gasteiger charge is 2.22. The van der Waals surface area contributed by atoms with E-state index in [-0.39, 0.29) is 22.3 Å². The quantitative estimate of drug-likeness (QED) is 0.649. The molecule has 0 radical (unpaired) electrons. The Hall–Kier alpha value is -2.48. The van der Waals surface area contributed by atoms with Gasteiger partial charge in [-0.3, -0.25) is 4.79 Å². The van der Waals surface area contributed by atoms with E-state index in [0.29, 0.717) is 11.3 Å². The van der Waals surface area contributed by atoms with Crippen LogP contribution in [0.5, 0.6) is 5.75 Å². The van der Waals surface area contributed by atoms with E-state index in [1.54, 1.807) is 12.1 Å². The van der Waals surface area contributed by atoms with Crippen LogP contribution in [0.15, 0.2) is 29.6 Å². The van der Waals surface area contributed by atoms with Crippen molar-refractivity contribution in [3.05, 3.63) is 41.1 Å². The molecule has 0 bridgehead atoms. The summed E-state index contributed by atoms with van der Waals surface area (Å²) in [4.78, 5) is 20.2. The van der Waals surface area contributed by atoms with Crippen LogP contribution in [0.1, 0.15) is 28.4 Å². The van der Waals surface area contributed by atoms with Crippen LogP contribution in [0.4, 0.5) is 5.82 Å². The van der Waals surface area contributed by atoms with Gasteiger partial charge in [-0.05, 0) is 19.1 Å². The molecule has 0 saturated heterocycles. The molecule has 8 heteroatoms. The first-order valence-electron chi connectivity index (χ1n) is 6.84. The van der Waals surface area contributed by atoms with Crippen LogP contribution >= 0.6 is 0 Å². The minimum atomic E-state index is -3.59. The number of hydrogen-bond acceptors (Lipinski definition) is 7. The van der Waals surface area contributed by atoms with Gasteiger partial charge in [0.15, 0.2) is 0 Å². The number of ketones is 1. The summed E-state index contributed by atoms with van der Waals surface area (Å²) in [5.74, 6) is -0.361. The van der Waals surface area contributed by atoms with E-state index in [1.165, 1.54) is 14.0 Å². The number of nitrogens with two attached hydrogens (primary N) is 1. The fourth-order valence-electron chi connectivity index (χ4n) is 1.98. The Labute approximate surface area is 134 Å². The fourth-order valence-corrected chi connectivity index (χ4v) is 2.69. The summed E-state index contributed by atoms with van der Waals surface area (Å²) >= 11 is 0. The number of aromatic nitrogens is 2. The van der Waals surface area contributed by atoms with Crippen LogP contribution in [0, 0.1) is 6.92 Å². The van der Waals surface area contributed by atoms with Gasteiger partial charge in [0, 0.05) is 6.20 Å². The van der Waals surface area contributed by atoms with E-state index in [4.69, 9.17) is 10.5 Å². The van der Waals surface area contributed by atoms with Gasteiger partial charge in [-0.15, -0.1) is 0 Å². The molecule has 23 heavy (non-hydrogen) atoms. The van der Waals surface area contributed by atoms with Crippen molar-refractivity contribution in [2.75, 3.05) is 18.6 Å². The van der Waals surface area contributed by atoms with Crippen LogP contribution in [-0.2, 0) is 9.84 Å². The van der Waals surface area contributed by atoms with Crippen molar-refractivity contribution in [2.24, 2.45) is 0 Å². The molecule has 1 heterocycles. The second-order valence-electron chi connectivity index (χ2n) is 4.89. The molecule has 0 unspecified atom stereocenters. The highest BCUT2D eigenvalue weighted by atomic mass is 32.2. The number of nitrogens with zero attached hydrogens (tertiary/aromatic N) is 2. The summed E-state index contributed by atoms with van der Waals surface area (Å²) in [5, 5.41) is -0.384. The lowest BCUT2D eigenvalue weighted by Gasteiger charge is -2.10. The summed E-state index contributed by atoms with van der Waals surface area (Å²) in [6.45, 7) is 3.32. The summed E-state index contributed by atoms with van der Waals surface area (Å²) in [6.07, 6.45) is 1.13. The third-order valence-corrected chi connectivity index (χ3v) is 4.81. The predicted molar refractivity (Wildman–Crippen MR) is 85.3 cm³/mol. The van der Waals surface area contributed by atoms with Gasteiger partial charge in [-0.25, -0.2) is 18.4 Å². The Morgan fingerprint density at radius 1 is 1.30 bits per heavy atom. The number of rotatable bonds is 5. The van der Waals surface area contributed by atoms with E-state index in [1.807, 2.05) is 13.0 Å². The first-order valence-corrected chi connectivity index (χ1v) is 8.50. The van der Waals surface area contributed by atoms with Gasteiger partial charge in [0.2, 0.25) is 20.8 Å². The van der Waals surface area contributed by atoms with Crippen molar-refractivity contribution in [1.82, 2.24) is 9.97 Å². The summed E-state index contributed by atoms with van der Waals surface area (Å²) in [6, 6.07) is 5.15. The number of ether oxygens (including phenoxy) is 1. The van der Waals surface area contributed by atoms with E-state index in [2.05, 4.69) is 9.97 Å². The van der Waals surface area contributed by atoms with Crippen molar-refractivity contribution in [2.45, 2.75) is 19.0 Å². The Balaban J connectivity index is 2.51. The molecular formula is C15H17N3O4S. The van der Waals surface area contributed by atoms with Gasteiger partial charge in [0.25, 0.3) is 0 Å². The van der Waals surface area contributed by atoms with Crippen LogP contribution in [0.2, 0.25) is 0 Å². The van der Waals surface area contributed by atoms with E-state index in [0.717, 1.165) is 11.8 Å². The smallest absolute Gasteiger partial charge is 0.249 e. The first kappa shape index (κ1) is 16.9. The summed E-state index contributed by atoms with van der Waals surface area (Å²) in [7, 11) is -2.13. The van der Waals surface area contributed by atoms with Crippen molar-refractivity contribution < 1.29 is 17.9 Å². The maximum Gasteiger partial charge on any atom is 0.249 e. The SMILES string of the molecule is CCS(=O)(=O)c1ncc(C(=O)c2cc(C)ccc2OC)c(N)n1. The maximum absolute atomic E-state index is 12.6. The lowest BCUT2D eigenvalue weighted by Crippen LogP contribution is -2.14. The number of sulfone groups is 1. The zero-order valence-corrected chi connectivity index (χ0v) is 13.8. The highest BCUT2D eigenvalue weighted by Crippen LogP contribution is 2.24. The van der Waals surface area contributed by atoms with Crippen LogP contribution in [0.25, 0.3) is 0 Å². The number of carbonyl (C=O) groups is 1. The maximum atomic E-state index is 12.6. The molecule has 0 aliphatic rings. The molecule has 2 rings (SSSR count). The third kappa shape index (κ3) is 3.31. The Bertz CT molecular complexity index is 863. The molecule has 1 aromatic heterocycles. The van der Waals surface area contributed by atoms with Gasteiger partial charge < -0.3 is 10.5 Å². The zero-order chi connectivity index (χ0) is 17.2. The zero-order valence-electron chi connectivity index (χ0n) is 13.0. The fraction of sp³-hybridized carbons (Fsp3) is 0.267. The Morgan fingerprint density at radius 2 is 2.00 bits per heavy atom. The molecule has 2 aromatic rings. The lowest BCUT2D eigenvalue weighted by atomic mass is 10.0. The first-order chi connectivity index (χ1) is 10.8. The molecule has 7 nitrogen and oxygen atoms in total. The lowest BCUT2D eigenvalue weighted by molar-refractivity contribution is 0.103. The van der Waals surface area contributed by atoms with E-state index >= 15 is 0 Å². The molecule has 0 amide bonds. The van der Waals surface area contributed by atoms with Gasteiger partial charge in [-0.2, -0.15) is 0 Å². The molecule has 0 saturated carbocycles. The topological polar surface area (TPSA) is 112 Å². The predicted octanol–water partition coefficient (Wildman–Crippen LogP) is 1.40. The normalized spacial score (nSPS) is 11.3.